The maximum atomic E-state index is 12.5. The number of nitrogens with zero attached hydrogens (tertiary/aromatic N) is 1. The summed E-state index contributed by atoms with van der Waals surface area (Å²) in [5, 5.41) is 23.6. The molecular weight excluding hydrogens is 598 g/mol. The van der Waals surface area contributed by atoms with Gasteiger partial charge in [0.25, 0.3) is 0 Å². The van der Waals surface area contributed by atoms with Crippen LogP contribution in [-0.4, -0.2) is 89.1 Å². The molecule has 14 atom stereocenters. The van der Waals surface area contributed by atoms with Crippen molar-refractivity contribution in [3.63, 3.8) is 0 Å². The van der Waals surface area contributed by atoms with Gasteiger partial charge in [0, 0.05) is 25.8 Å². The maximum absolute atomic E-state index is 12.5. The van der Waals surface area contributed by atoms with Gasteiger partial charge in [0.15, 0.2) is 12.4 Å². The number of carbonyl (C=O) groups excluding carboxylic acids is 2. The summed E-state index contributed by atoms with van der Waals surface area (Å²) >= 11 is 0. The molecule has 5 aliphatic carbocycles. The summed E-state index contributed by atoms with van der Waals surface area (Å²) in [5.41, 5.74) is -1.16. The fraction of sp³-hybridized carbons (Fsp3) is 0.947. The maximum Gasteiger partial charge on any atom is 0.303 e. The number of rotatable bonds is 5. The summed E-state index contributed by atoms with van der Waals surface area (Å²) in [7, 11) is 0. The number of esters is 1. The van der Waals surface area contributed by atoms with Gasteiger partial charge in [0.2, 0.25) is 5.91 Å². The molecule has 47 heavy (non-hydrogen) atoms. The molecule has 9 nitrogen and oxygen atoms in total. The number of amides is 1. The molecule has 7 aliphatic rings. The second-order valence-corrected chi connectivity index (χ2v) is 18.6. The third kappa shape index (κ3) is 4.64. The molecule has 2 saturated heterocycles. The van der Waals surface area contributed by atoms with E-state index in [1.165, 1.54) is 19.8 Å². The van der Waals surface area contributed by atoms with Crippen LogP contribution in [0.2, 0.25) is 0 Å². The second-order valence-electron chi connectivity index (χ2n) is 18.6. The van der Waals surface area contributed by atoms with Crippen molar-refractivity contribution < 1.29 is 38.7 Å². The summed E-state index contributed by atoms with van der Waals surface area (Å²) in [6, 6.07) is 0. The molecule has 7 rings (SSSR count). The number of aliphatic hydroxyl groups excluding tert-OH is 1. The summed E-state index contributed by atoms with van der Waals surface area (Å²) in [5.74, 6) is 1.06. The van der Waals surface area contributed by atoms with E-state index in [-0.39, 0.29) is 63.3 Å². The van der Waals surface area contributed by atoms with E-state index in [4.69, 9.17) is 18.9 Å². The molecule has 0 aromatic carbocycles. The Hall–Kier alpha value is -1.26. The lowest BCUT2D eigenvalue weighted by Crippen LogP contribution is -2.60. The van der Waals surface area contributed by atoms with Crippen LogP contribution in [0.15, 0.2) is 0 Å². The molecule has 2 aliphatic heterocycles. The Balaban J connectivity index is 1.13. The van der Waals surface area contributed by atoms with Crippen LogP contribution in [0.1, 0.15) is 114 Å². The highest BCUT2D eigenvalue weighted by Gasteiger charge is 2.84. The van der Waals surface area contributed by atoms with Crippen molar-refractivity contribution in [1.29, 1.82) is 0 Å². The molecular formula is C38H61NO8. The van der Waals surface area contributed by atoms with Crippen LogP contribution in [-0.2, 0) is 28.5 Å². The van der Waals surface area contributed by atoms with Gasteiger partial charge in [-0.25, -0.2) is 0 Å². The molecule has 0 aromatic heterocycles. The predicted molar refractivity (Wildman–Crippen MR) is 175 cm³/mol. The number of hydrogen-bond donors (Lipinski definition) is 2. The van der Waals surface area contributed by atoms with E-state index in [1.54, 1.807) is 20.8 Å². The highest BCUT2D eigenvalue weighted by molar-refractivity contribution is 5.73. The lowest BCUT2D eigenvalue weighted by molar-refractivity contribution is -0.247. The van der Waals surface area contributed by atoms with E-state index >= 15 is 0 Å². The van der Waals surface area contributed by atoms with Gasteiger partial charge in [0.05, 0.1) is 43.2 Å². The molecule has 0 aromatic rings. The average Bonchev–Trinajstić information content (AvgIpc) is 3.61. The Kier molecular flexibility index (Phi) is 7.91. The average molecular weight is 660 g/mol. The number of hydrogen-bond acceptors (Lipinski definition) is 8. The number of carbonyl (C=O) groups is 2. The lowest BCUT2D eigenvalue weighted by Gasteiger charge is -2.64. The van der Waals surface area contributed by atoms with E-state index in [1.807, 2.05) is 4.90 Å². The summed E-state index contributed by atoms with van der Waals surface area (Å²) in [6.07, 6.45) is 6.05. The van der Waals surface area contributed by atoms with Crippen LogP contribution in [0.4, 0.5) is 0 Å². The summed E-state index contributed by atoms with van der Waals surface area (Å²) in [4.78, 5) is 26.0. The topological polar surface area (TPSA) is 115 Å². The van der Waals surface area contributed by atoms with Crippen LogP contribution in [0.25, 0.3) is 0 Å². The van der Waals surface area contributed by atoms with Crippen LogP contribution in [0.5, 0.6) is 0 Å². The van der Waals surface area contributed by atoms with Crippen molar-refractivity contribution >= 4 is 11.9 Å². The Morgan fingerprint density at radius 3 is 2.34 bits per heavy atom. The Morgan fingerprint density at radius 2 is 1.68 bits per heavy atom. The first-order valence-electron chi connectivity index (χ1n) is 18.6. The molecule has 5 saturated carbocycles. The van der Waals surface area contributed by atoms with Gasteiger partial charge >= 0.3 is 5.97 Å². The quantitative estimate of drug-likeness (QED) is 0.393. The first kappa shape index (κ1) is 34.2. The molecule has 2 heterocycles. The fourth-order valence-electron chi connectivity index (χ4n) is 13.8. The number of ether oxygens (including phenoxy) is 4. The Labute approximate surface area is 281 Å². The highest BCUT2D eigenvalue weighted by atomic mass is 16.7. The summed E-state index contributed by atoms with van der Waals surface area (Å²) in [6.45, 7) is 19.9. The second kappa shape index (κ2) is 10.9. The molecule has 0 radical (unpaired) electrons. The van der Waals surface area contributed by atoms with Crippen LogP contribution >= 0.6 is 0 Å². The number of aliphatic hydroxyl groups is 2. The first-order valence-corrected chi connectivity index (χ1v) is 18.6. The van der Waals surface area contributed by atoms with Crippen LogP contribution in [0.3, 0.4) is 0 Å². The van der Waals surface area contributed by atoms with Gasteiger partial charge in [-0.05, 0) is 111 Å². The number of fused-ring (bicyclic) bond motifs is 4. The molecule has 14 unspecified atom stereocenters. The minimum absolute atomic E-state index is 0.0216. The van der Waals surface area contributed by atoms with E-state index in [9.17, 15) is 19.8 Å². The molecule has 2 spiro atoms. The minimum atomic E-state index is -1.26. The van der Waals surface area contributed by atoms with E-state index < -0.39 is 29.9 Å². The van der Waals surface area contributed by atoms with Crippen molar-refractivity contribution in [1.82, 2.24) is 4.90 Å². The lowest BCUT2D eigenvalue weighted by atomic mass is 9.41. The largest absolute Gasteiger partial charge is 0.457 e. The molecule has 9 heteroatoms. The zero-order valence-corrected chi connectivity index (χ0v) is 30.3. The fourth-order valence-corrected chi connectivity index (χ4v) is 13.8. The molecule has 1 amide bonds. The monoisotopic (exact) mass is 659 g/mol. The van der Waals surface area contributed by atoms with Crippen LogP contribution in [0, 0.1) is 50.7 Å². The third-order valence-electron chi connectivity index (χ3n) is 15.9. The Bertz CT molecular complexity index is 1280. The predicted octanol–water partition coefficient (Wildman–Crippen LogP) is 5.09. The van der Waals surface area contributed by atoms with Crippen LogP contribution < -0.4 is 0 Å². The standard InChI is InChI=1S/C38H61NO8/c1-21-18-24(32(34(6,7)43)45-23(3)41)46-30-29(21)35(8)14-15-38-20-37(38)13-12-27(47-28-19-39(22(2)40)16-17-44-28)33(4,5)25(37)10-11-26(38)36(35,9)31(30)42/h21,24-32,42-43H,10-20H2,1-9H3. The third-order valence-corrected chi connectivity index (χ3v) is 15.9. The number of morpholine rings is 1. The van der Waals surface area contributed by atoms with Crippen molar-refractivity contribution in [2.45, 2.75) is 156 Å². The SMILES string of the molecule is CC(=O)OC(C1CC(C)C2C(O1)C(O)C1(C)C3CCC4C(C)(C)C(OC5CN(C(C)=O)CCO5)CCC45CC35CCC21C)C(C)(C)O. The van der Waals surface area contributed by atoms with Gasteiger partial charge in [0.1, 0.15) is 0 Å². The normalized spacial score (nSPS) is 50.6. The zero-order valence-electron chi connectivity index (χ0n) is 30.3. The van der Waals surface area contributed by atoms with Gasteiger partial charge in [-0.1, -0.05) is 34.6 Å². The minimum Gasteiger partial charge on any atom is -0.457 e. The van der Waals surface area contributed by atoms with Crippen molar-refractivity contribution in [3.05, 3.63) is 0 Å². The molecule has 0 bridgehead atoms. The first-order chi connectivity index (χ1) is 21.8. The smallest absolute Gasteiger partial charge is 0.303 e. The van der Waals surface area contributed by atoms with Gasteiger partial charge in [-0.2, -0.15) is 0 Å². The zero-order chi connectivity index (χ0) is 34.1. The highest BCUT2D eigenvalue weighted by Crippen LogP contribution is 2.89. The molecule has 2 N–H and O–H groups in total. The Morgan fingerprint density at radius 1 is 1.00 bits per heavy atom. The molecule has 266 valence electrons. The van der Waals surface area contributed by atoms with Gasteiger partial charge < -0.3 is 34.1 Å². The van der Waals surface area contributed by atoms with E-state index in [2.05, 4.69) is 34.6 Å². The van der Waals surface area contributed by atoms with Crippen molar-refractivity contribution in [2.24, 2.45) is 50.7 Å². The summed E-state index contributed by atoms with van der Waals surface area (Å²) < 4.78 is 25.3. The van der Waals surface area contributed by atoms with E-state index in [0.717, 1.165) is 32.1 Å². The van der Waals surface area contributed by atoms with E-state index in [0.29, 0.717) is 38.0 Å². The van der Waals surface area contributed by atoms with Gasteiger partial charge in [-0.15, -0.1) is 0 Å². The van der Waals surface area contributed by atoms with Crippen molar-refractivity contribution in [2.75, 3.05) is 19.7 Å². The molecule has 7 fully saturated rings. The van der Waals surface area contributed by atoms with Gasteiger partial charge in [-0.3, -0.25) is 9.59 Å². The van der Waals surface area contributed by atoms with Crippen molar-refractivity contribution in [3.8, 4) is 0 Å².